The van der Waals surface area contributed by atoms with Gasteiger partial charge in [0.15, 0.2) is 5.84 Å². The van der Waals surface area contributed by atoms with Gasteiger partial charge in [-0.05, 0) is 26.7 Å². The molecule has 0 aromatic carbocycles. The van der Waals surface area contributed by atoms with Gasteiger partial charge in [-0.1, -0.05) is 5.16 Å². The van der Waals surface area contributed by atoms with Crippen molar-refractivity contribution in [2.45, 2.75) is 38.8 Å². The van der Waals surface area contributed by atoms with Crippen molar-refractivity contribution >= 4 is 11.9 Å². The van der Waals surface area contributed by atoms with Crippen LogP contribution in [0.4, 0.5) is 4.79 Å². The van der Waals surface area contributed by atoms with E-state index in [9.17, 15) is 4.79 Å². The Bertz CT molecular complexity index is 261. The van der Waals surface area contributed by atoms with Crippen molar-refractivity contribution in [1.82, 2.24) is 10.2 Å². The summed E-state index contributed by atoms with van der Waals surface area (Å²) < 4.78 is 0. The van der Waals surface area contributed by atoms with Gasteiger partial charge >= 0.3 is 6.03 Å². The van der Waals surface area contributed by atoms with E-state index in [0.29, 0.717) is 6.04 Å². The van der Waals surface area contributed by atoms with Crippen molar-refractivity contribution in [3.05, 3.63) is 0 Å². The van der Waals surface area contributed by atoms with E-state index in [2.05, 4.69) is 10.5 Å². The molecule has 0 aromatic heterocycles. The highest BCUT2D eigenvalue weighted by molar-refractivity contribution is 5.86. The Labute approximate surface area is 89.1 Å². The first-order valence-electron chi connectivity index (χ1n) is 5.08. The molecule has 0 saturated heterocycles. The molecule has 86 valence electrons. The molecule has 0 radical (unpaired) electrons. The first kappa shape index (κ1) is 11.6. The van der Waals surface area contributed by atoms with Gasteiger partial charge in [-0.15, -0.1) is 0 Å². The van der Waals surface area contributed by atoms with Gasteiger partial charge in [0.25, 0.3) is 0 Å². The molecule has 0 atom stereocenters. The van der Waals surface area contributed by atoms with Crippen LogP contribution in [0.3, 0.4) is 0 Å². The number of nitrogens with two attached hydrogens (primary N) is 1. The Kier molecular flexibility index (Phi) is 3.76. The van der Waals surface area contributed by atoms with E-state index in [-0.39, 0.29) is 24.5 Å². The van der Waals surface area contributed by atoms with Gasteiger partial charge in [0.05, 0.1) is 6.54 Å². The monoisotopic (exact) mass is 214 g/mol. The molecule has 0 aromatic rings. The molecule has 1 rings (SSSR count). The topological polar surface area (TPSA) is 90.9 Å². The minimum Gasteiger partial charge on any atom is -0.409 e. The number of hydrogen-bond donors (Lipinski definition) is 3. The second kappa shape index (κ2) is 4.86. The third-order valence-electron chi connectivity index (χ3n) is 2.25. The maximum atomic E-state index is 11.7. The Morgan fingerprint density at radius 1 is 1.67 bits per heavy atom. The lowest BCUT2D eigenvalue weighted by molar-refractivity contribution is 0.191. The van der Waals surface area contributed by atoms with Gasteiger partial charge in [-0.3, -0.25) is 0 Å². The maximum absolute atomic E-state index is 11.7. The molecule has 4 N–H and O–H groups in total. The fourth-order valence-corrected chi connectivity index (χ4v) is 1.18. The summed E-state index contributed by atoms with van der Waals surface area (Å²) in [5, 5.41) is 14.2. The van der Waals surface area contributed by atoms with E-state index in [1.807, 2.05) is 13.8 Å². The molecule has 0 heterocycles. The summed E-state index contributed by atoms with van der Waals surface area (Å²) in [6.45, 7) is 3.92. The number of hydrogen-bond acceptors (Lipinski definition) is 3. The normalized spacial score (nSPS) is 16.6. The number of nitrogens with one attached hydrogen (secondary N) is 1. The molecule has 0 bridgehead atoms. The predicted octanol–water partition coefficient (Wildman–Crippen LogP) is 0.315. The standard InChI is InChI=1S/C9H18N4O2/c1-6(2)13(5-8(10)12-15)9(14)11-7-3-4-7/h6-7,15H,3-5H2,1-2H3,(H2,10,12)(H,11,14). The van der Waals surface area contributed by atoms with Crippen LogP contribution in [0.2, 0.25) is 0 Å². The van der Waals surface area contributed by atoms with Gasteiger partial charge in [-0.25, -0.2) is 4.79 Å². The van der Waals surface area contributed by atoms with E-state index in [1.165, 1.54) is 4.90 Å². The molecule has 1 aliphatic rings. The lowest BCUT2D eigenvalue weighted by atomic mass is 10.3. The SMILES string of the molecule is CC(C)N(CC(N)=NO)C(=O)NC1CC1. The highest BCUT2D eigenvalue weighted by Crippen LogP contribution is 2.19. The van der Waals surface area contributed by atoms with Crippen molar-refractivity contribution in [3.8, 4) is 0 Å². The molecule has 0 aliphatic heterocycles. The first-order chi connectivity index (χ1) is 7.04. The number of oxime groups is 1. The highest BCUT2D eigenvalue weighted by atomic mass is 16.4. The van der Waals surface area contributed by atoms with Crippen LogP contribution in [0.1, 0.15) is 26.7 Å². The Morgan fingerprint density at radius 3 is 2.67 bits per heavy atom. The van der Waals surface area contributed by atoms with Gasteiger partial charge in [0.1, 0.15) is 0 Å². The highest BCUT2D eigenvalue weighted by Gasteiger charge is 2.27. The zero-order chi connectivity index (χ0) is 11.4. The summed E-state index contributed by atoms with van der Waals surface area (Å²) in [6.07, 6.45) is 2.09. The molecule has 0 unspecified atom stereocenters. The number of amides is 2. The van der Waals surface area contributed by atoms with Crippen molar-refractivity contribution in [2.75, 3.05) is 6.54 Å². The third kappa shape index (κ3) is 3.65. The summed E-state index contributed by atoms with van der Waals surface area (Å²) >= 11 is 0. The molecule has 2 amide bonds. The van der Waals surface area contributed by atoms with E-state index in [4.69, 9.17) is 10.9 Å². The number of rotatable bonds is 4. The van der Waals surface area contributed by atoms with Crippen molar-refractivity contribution in [2.24, 2.45) is 10.9 Å². The molecule has 15 heavy (non-hydrogen) atoms. The van der Waals surface area contributed by atoms with E-state index < -0.39 is 0 Å². The van der Waals surface area contributed by atoms with Crippen molar-refractivity contribution < 1.29 is 10.0 Å². The summed E-state index contributed by atoms with van der Waals surface area (Å²) in [4.78, 5) is 13.2. The van der Waals surface area contributed by atoms with Gasteiger partial charge < -0.3 is 21.2 Å². The summed E-state index contributed by atoms with van der Waals surface area (Å²) in [5.74, 6) is 0.0367. The number of amidine groups is 1. The fraction of sp³-hybridized carbons (Fsp3) is 0.778. The van der Waals surface area contributed by atoms with E-state index in [0.717, 1.165) is 12.8 Å². The lowest BCUT2D eigenvalue weighted by Crippen LogP contribution is -2.48. The van der Waals surface area contributed by atoms with Crippen LogP contribution in [0.25, 0.3) is 0 Å². The van der Waals surface area contributed by atoms with Crippen LogP contribution < -0.4 is 11.1 Å². The number of carbonyl (C=O) groups excluding carboxylic acids is 1. The molecule has 1 aliphatic carbocycles. The number of carbonyl (C=O) groups is 1. The van der Waals surface area contributed by atoms with E-state index in [1.54, 1.807) is 0 Å². The van der Waals surface area contributed by atoms with Crippen LogP contribution in [0.15, 0.2) is 5.16 Å². The Morgan fingerprint density at radius 2 is 2.27 bits per heavy atom. The number of urea groups is 1. The Hall–Kier alpha value is -1.46. The summed E-state index contributed by atoms with van der Waals surface area (Å²) in [7, 11) is 0. The van der Waals surface area contributed by atoms with Crippen LogP contribution in [0.5, 0.6) is 0 Å². The zero-order valence-corrected chi connectivity index (χ0v) is 9.10. The largest absolute Gasteiger partial charge is 0.409 e. The Balaban J connectivity index is 2.51. The molecule has 6 heteroatoms. The smallest absolute Gasteiger partial charge is 0.318 e. The van der Waals surface area contributed by atoms with Crippen LogP contribution in [-0.2, 0) is 0 Å². The fourth-order valence-electron chi connectivity index (χ4n) is 1.18. The van der Waals surface area contributed by atoms with Gasteiger partial charge in [-0.2, -0.15) is 0 Å². The van der Waals surface area contributed by atoms with Crippen molar-refractivity contribution in [1.29, 1.82) is 0 Å². The minimum atomic E-state index is -0.154. The second-order valence-electron chi connectivity index (χ2n) is 4.04. The molecular formula is C9H18N4O2. The second-order valence-corrected chi connectivity index (χ2v) is 4.04. The summed E-state index contributed by atoms with van der Waals surface area (Å²) in [6, 6.07) is 0.175. The van der Waals surface area contributed by atoms with Crippen LogP contribution >= 0.6 is 0 Å². The molecular weight excluding hydrogens is 196 g/mol. The number of nitrogens with zero attached hydrogens (tertiary/aromatic N) is 2. The minimum absolute atomic E-state index is 0.0176. The first-order valence-corrected chi connectivity index (χ1v) is 5.08. The zero-order valence-electron chi connectivity index (χ0n) is 9.10. The predicted molar refractivity (Wildman–Crippen MR) is 56.8 cm³/mol. The summed E-state index contributed by atoms with van der Waals surface area (Å²) in [5.41, 5.74) is 5.37. The van der Waals surface area contributed by atoms with Crippen molar-refractivity contribution in [3.63, 3.8) is 0 Å². The third-order valence-corrected chi connectivity index (χ3v) is 2.25. The van der Waals surface area contributed by atoms with E-state index >= 15 is 0 Å². The van der Waals surface area contributed by atoms with Gasteiger partial charge in [0.2, 0.25) is 0 Å². The van der Waals surface area contributed by atoms with Crippen LogP contribution in [-0.4, -0.2) is 40.6 Å². The molecule has 1 saturated carbocycles. The van der Waals surface area contributed by atoms with Crippen LogP contribution in [0, 0.1) is 0 Å². The maximum Gasteiger partial charge on any atom is 0.318 e. The average Bonchev–Trinajstić information content (AvgIpc) is 2.96. The molecule has 0 spiro atoms. The van der Waals surface area contributed by atoms with Gasteiger partial charge in [0, 0.05) is 12.1 Å². The average molecular weight is 214 g/mol. The molecule has 1 fully saturated rings. The lowest BCUT2D eigenvalue weighted by Gasteiger charge is -2.26. The quantitative estimate of drug-likeness (QED) is 0.272. The molecule has 6 nitrogen and oxygen atoms in total.